The molecule has 116 valence electrons. The van der Waals surface area contributed by atoms with Crippen LogP contribution in [0.15, 0.2) is 30.3 Å². The molecule has 5 heteroatoms. The Morgan fingerprint density at radius 3 is 2.96 bits per heavy atom. The molecular weight excluding hydrogens is 288 g/mol. The molecule has 1 unspecified atom stereocenters. The SMILES string of the molecule is CC(=N)c1cc(OC2CCCc3nc(C#N)ccc32)ccc1N. The van der Waals surface area contributed by atoms with Gasteiger partial charge in [-0.25, -0.2) is 4.98 Å². The zero-order valence-electron chi connectivity index (χ0n) is 13.0. The molecule has 0 radical (unpaired) electrons. The van der Waals surface area contributed by atoms with Crippen molar-refractivity contribution in [3.63, 3.8) is 0 Å². The van der Waals surface area contributed by atoms with Gasteiger partial charge < -0.3 is 15.9 Å². The summed E-state index contributed by atoms with van der Waals surface area (Å²) in [5.41, 5.74) is 10.0. The second kappa shape index (κ2) is 6.09. The fraction of sp³-hybridized carbons (Fsp3) is 0.278. The highest BCUT2D eigenvalue weighted by atomic mass is 16.5. The molecule has 0 bridgehead atoms. The summed E-state index contributed by atoms with van der Waals surface area (Å²) in [5.74, 6) is 0.697. The molecule has 3 N–H and O–H groups in total. The van der Waals surface area contributed by atoms with Crippen LogP contribution in [0, 0.1) is 16.7 Å². The molecule has 0 fully saturated rings. The molecule has 0 spiro atoms. The van der Waals surface area contributed by atoms with E-state index in [0.717, 1.165) is 30.5 Å². The first-order valence-corrected chi connectivity index (χ1v) is 7.60. The van der Waals surface area contributed by atoms with Gasteiger partial charge in [0.05, 0.1) is 0 Å². The van der Waals surface area contributed by atoms with Crippen LogP contribution >= 0.6 is 0 Å². The zero-order valence-corrected chi connectivity index (χ0v) is 13.0. The third kappa shape index (κ3) is 3.02. The van der Waals surface area contributed by atoms with E-state index in [9.17, 15) is 0 Å². The molecule has 0 saturated heterocycles. The maximum Gasteiger partial charge on any atom is 0.140 e. The summed E-state index contributed by atoms with van der Waals surface area (Å²) in [6.45, 7) is 1.71. The summed E-state index contributed by atoms with van der Waals surface area (Å²) in [4.78, 5) is 4.39. The minimum atomic E-state index is -0.0819. The molecular formula is C18H18N4O. The lowest BCUT2D eigenvalue weighted by atomic mass is 9.93. The van der Waals surface area contributed by atoms with Crippen molar-refractivity contribution in [2.75, 3.05) is 5.73 Å². The van der Waals surface area contributed by atoms with Crippen molar-refractivity contribution in [1.82, 2.24) is 4.98 Å². The van der Waals surface area contributed by atoms with Gasteiger partial charge in [0.2, 0.25) is 0 Å². The Morgan fingerprint density at radius 1 is 1.39 bits per heavy atom. The van der Waals surface area contributed by atoms with Crippen molar-refractivity contribution in [3.05, 3.63) is 52.8 Å². The van der Waals surface area contributed by atoms with Crippen LogP contribution in [-0.2, 0) is 6.42 Å². The Labute approximate surface area is 135 Å². The maximum atomic E-state index is 8.97. The Hall–Kier alpha value is -2.87. The van der Waals surface area contributed by atoms with Crippen LogP contribution in [0.4, 0.5) is 5.69 Å². The second-order valence-electron chi connectivity index (χ2n) is 5.72. The van der Waals surface area contributed by atoms with E-state index in [2.05, 4.69) is 11.1 Å². The van der Waals surface area contributed by atoms with Gasteiger partial charge >= 0.3 is 0 Å². The van der Waals surface area contributed by atoms with Gasteiger partial charge in [-0.15, -0.1) is 0 Å². The number of pyridine rings is 1. The number of nitrogens with two attached hydrogens (primary N) is 1. The van der Waals surface area contributed by atoms with Gasteiger partial charge in [-0.3, -0.25) is 0 Å². The van der Waals surface area contributed by atoms with E-state index in [1.54, 1.807) is 19.1 Å². The smallest absolute Gasteiger partial charge is 0.140 e. The van der Waals surface area contributed by atoms with E-state index >= 15 is 0 Å². The van der Waals surface area contributed by atoms with Gasteiger partial charge in [0, 0.05) is 28.2 Å². The first-order valence-electron chi connectivity index (χ1n) is 7.60. The summed E-state index contributed by atoms with van der Waals surface area (Å²) < 4.78 is 6.13. The number of hydrogen-bond donors (Lipinski definition) is 2. The molecule has 2 aromatic rings. The number of ether oxygens (including phenoxy) is 1. The highest BCUT2D eigenvalue weighted by molar-refractivity contribution is 6.01. The van der Waals surface area contributed by atoms with Crippen LogP contribution in [-0.4, -0.2) is 10.7 Å². The summed E-state index contributed by atoms with van der Waals surface area (Å²) in [5, 5.41) is 16.8. The molecule has 0 aliphatic heterocycles. The van der Waals surface area contributed by atoms with Crippen LogP contribution in [0.2, 0.25) is 0 Å². The van der Waals surface area contributed by atoms with Crippen molar-refractivity contribution < 1.29 is 4.74 Å². The lowest BCUT2D eigenvalue weighted by Crippen LogP contribution is -2.17. The molecule has 5 nitrogen and oxygen atoms in total. The van der Waals surface area contributed by atoms with Gasteiger partial charge in [-0.1, -0.05) is 6.07 Å². The van der Waals surface area contributed by atoms with Crippen molar-refractivity contribution in [3.8, 4) is 11.8 Å². The van der Waals surface area contributed by atoms with Crippen molar-refractivity contribution in [2.24, 2.45) is 0 Å². The molecule has 1 heterocycles. The standard InChI is InChI=1S/C18H18N4O/c1-11(20)15-9-13(6-8-16(15)21)23-18-4-2-3-17-14(18)7-5-12(10-19)22-17/h5-9,18,20H,2-4,21H2,1H3. The van der Waals surface area contributed by atoms with E-state index in [4.69, 9.17) is 21.1 Å². The van der Waals surface area contributed by atoms with Crippen molar-refractivity contribution in [1.29, 1.82) is 10.7 Å². The monoisotopic (exact) mass is 306 g/mol. The lowest BCUT2D eigenvalue weighted by Gasteiger charge is -2.26. The number of benzene rings is 1. The number of hydrogen-bond acceptors (Lipinski definition) is 5. The molecule has 3 rings (SSSR count). The predicted molar refractivity (Wildman–Crippen MR) is 88.6 cm³/mol. The number of nitrogens with zero attached hydrogens (tertiary/aromatic N) is 2. The Balaban J connectivity index is 1.89. The lowest BCUT2D eigenvalue weighted by molar-refractivity contribution is 0.182. The Morgan fingerprint density at radius 2 is 2.22 bits per heavy atom. The largest absolute Gasteiger partial charge is 0.486 e. The molecule has 0 amide bonds. The van der Waals surface area contributed by atoms with Gasteiger partial charge in [0.1, 0.15) is 23.6 Å². The van der Waals surface area contributed by atoms with Gasteiger partial charge in [-0.2, -0.15) is 5.26 Å². The van der Waals surface area contributed by atoms with Gasteiger partial charge in [0.15, 0.2) is 0 Å². The maximum absolute atomic E-state index is 8.97. The number of aryl methyl sites for hydroxylation is 1. The molecule has 1 atom stereocenters. The number of anilines is 1. The summed E-state index contributed by atoms with van der Waals surface area (Å²) in [7, 11) is 0. The number of nitriles is 1. The first kappa shape index (κ1) is 15.0. The topological polar surface area (TPSA) is 95.8 Å². The van der Waals surface area contributed by atoms with Crippen LogP contribution in [0.3, 0.4) is 0 Å². The fourth-order valence-corrected chi connectivity index (χ4v) is 2.90. The highest BCUT2D eigenvalue weighted by Gasteiger charge is 2.23. The highest BCUT2D eigenvalue weighted by Crippen LogP contribution is 2.33. The molecule has 1 aromatic carbocycles. The minimum absolute atomic E-state index is 0.0819. The quantitative estimate of drug-likeness (QED) is 0.671. The van der Waals surface area contributed by atoms with Crippen LogP contribution in [0.1, 0.15) is 48.4 Å². The zero-order chi connectivity index (χ0) is 16.4. The number of aromatic nitrogens is 1. The number of nitrogens with one attached hydrogen (secondary N) is 1. The average molecular weight is 306 g/mol. The van der Waals surface area contributed by atoms with Crippen LogP contribution < -0.4 is 10.5 Å². The average Bonchev–Trinajstić information content (AvgIpc) is 2.56. The van der Waals surface area contributed by atoms with E-state index in [1.165, 1.54) is 0 Å². The second-order valence-corrected chi connectivity index (χ2v) is 5.72. The first-order chi connectivity index (χ1) is 11.1. The summed E-state index contributed by atoms with van der Waals surface area (Å²) >= 11 is 0. The fourth-order valence-electron chi connectivity index (χ4n) is 2.90. The molecule has 1 aliphatic rings. The Bertz CT molecular complexity index is 807. The third-order valence-corrected chi connectivity index (χ3v) is 4.06. The van der Waals surface area contributed by atoms with Crippen LogP contribution in [0.25, 0.3) is 0 Å². The summed E-state index contributed by atoms with van der Waals surface area (Å²) in [6.07, 6.45) is 2.67. The van der Waals surface area contributed by atoms with Crippen molar-refractivity contribution >= 4 is 11.4 Å². The van der Waals surface area contributed by atoms with Crippen molar-refractivity contribution in [2.45, 2.75) is 32.3 Å². The summed E-state index contributed by atoms with van der Waals surface area (Å²) in [6, 6.07) is 11.1. The van der Waals surface area contributed by atoms with Gasteiger partial charge in [-0.05, 0) is 50.5 Å². The predicted octanol–water partition coefficient (Wildman–Crippen LogP) is 3.38. The molecule has 1 aliphatic carbocycles. The number of rotatable bonds is 3. The normalized spacial score (nSPS) is 16.3. The van der Waals surface area contributed by atoms with E-state index in [1.807, 2.05) is 18.2 Å². The minimum Gasteiger partial charge on any atom is -0.486 e. The molecule has 23 heavy (non-hydrogen) atoms. The number of fused-ring (bicyclic) bond motifs is 1. The van der Waals surface area contributed by atoms with Crippen LogP contribution in [0.5, 0.6) is 5.75 Å². The van der Waals surface area contributed by atoms with E-state index in [0.29, 0.717) is 28.4 Å². The molecule has 0 saturated carbocycles. The third-order valence-electron chi connectivity index (χ3n) is 4.06. The van der Waals surface area contributed by atoms with E-state index in [-0.39, 0.29) is 6.10 Å². The Kier molecular flexibility index (Phi) is 3.98. The molecule has 1 aromatic heterocycles. The van der Waals surface area contributed by atoms with E-state index < -0.39 is 0 Å². The number of nitrogen functional groups attached to an aromatic ring is 1. The van der Waals surface area contributed by atoms with Gasteiger partial charge in [0.25, 0.3) is 0 Å².